The van der Waals surface area contributed by atoms with Crippen LogP contribution in [0.5, 0.6) is 11.6 Å². The standard InChI is InChI=1S/C34H31ClN4O5/c1-42-30-15-24(34(40)41)14-29-33(30)38-31(39(29)18-26-10-11-43-26)16-21-8-9-23-12-20(21)4-2-5-22-13-25(35)17-36-28(22)19-44-32-7-3-6-27(23)37-32/h3,6-9,12-15,17,26H,2,4-5,10-11,16,18-19H2,1H3,(H,40,41)/t26-/m0/s1. The molecule has 2 aliphatic heterocycles. The number of pyridine rings is 2. The van der Waals surface area contributed by atoms with Crippen LogP contribution in [0.3, 0.4) is 0 Å². The lowest BCUT2D eigenvalue weighted by atomic mass is 9.94. The average Bonchev–Trinajstić information content (AvgIpc) is 3.35. The zero-order valence-electron chi connectivity index (χ0n) is 24.3. The largest absolute Gasteiger partial charge is 0.494 e. The minimum atomic E-state index is -1.01. The van der Waals surface area contributed by atoms with Crippen LogP contribution in [0.4, 0.5) is 0 Å². The Balaban J connectivity index is 1.30. The molecule has 1 fully saturated rings. The lowest BCUT2D eigenvalue weighted by Crippen LogP contribution is -2.31. The monoisotopic (exact) mass is 610 g/mol. The molecule has 10 heteroatoms. The number of methoxy groups -OCH3 is 1. The Morgan fingerprint density at radius 2 is 1.98 bits per heavy atom. The molecule has 0 radical (unpaired) electrons. The van der Waals surface area contributed by atoms with Crippen molar-refractivity contribution in [2.75, 3.05) is 13.7 Å². The van der Waals surface area contributed by atoms with Crippen molar-refractivity contribution in [1.82, 2.24) is 19.5 Å². The number of rotatable bonds is 6. The van der Waals surface area contributed by atoms with Crippen molar-refractivity contribution in [2.45, 2.75) is 51.4 Å². The molecular weight excluding hydrogens is 580 g/mol. The number of carboxylic acid groups (broad SMARTS) is 1. The summed E-state index contributed by atoms with van der Waals surface area (Å²) in [6.45, 7) is 1.64. The van der Waals surface area contributed by atoms with Crippen molar-refractivity contribution in [3.05, 3.63) is 99.6 Å². The van der Waals surface area contributed by atoms with Crippen LogP contribution in [0.1, 0.15) is 51.4 Å². The number of aromatic nitrogens is 4. The summed E-state index contributed by atoms with van der Waals surface area (Å²) in [5, 5.41) is 10.4. The maximum atomic E-state index is 11.9. The van der Waals surface area contributed by atoms with Gasteiger partial charge in [-0.2, -0.15) is 0 Å². The molecule has 0 saturated carbocycles. The van der Waals surface area contributed by atoms with Gasteiger partial charge >= 0.3 is 5.97 Å². The fraction of sp³-hybridized carbons (Fsp3) is 0.294. The second kappa shape index (κ2) is 11.9. The summed E-state index contributed by atoms with van der Waals surface area (Å²) in [4.78, 5) is 26.3. The van der Waals surface area contributed by atoms with Crippen LogP contribution >= 0.6 is 11.6 Å². The number of hydrogen-bond acceptors (Lipinski definition) is 7. The molecule has 44 heavy (non-hydrogen) atoms. The first-order valence-corrected chi connectivity index (χ1v) is 15.1. The molecule has 0 aliphatic carbocycles. The Hall–Kier alpha value is -4.47. The summed E-state index contributed by atoms with van der Waals surface area (Å²) in [5.74, 6) is 0.798. The molecule has 2 aromatic carbocycles. The summed E-state index contributed by atoms with van der Waals surface area (Å²) in [7, 11) is 1.54. The van der Waals surface area contributed by atoms with Crippen LogP contribution < -0.4 is 9.47 Å². The van der Waals surface area contributed by atoms with Gasteiger partial charge in [0.05, 0.1) is 47.2 Å². The molecule has 2 aliphatic rings. The number of aromatic carboxylic acids is 1. The normalized spacial score (nSPS) is 16.1. The Kier molecular flexibility index (Phi) is 7.66. The van der Waals surface area contributed by atoms with Gasteiger partial charge in [-0.3, -0.25) is 4.98 Å². The molecule has 0 unspecified atom stereocenters. The molecule has 1 N–H and O–H groups in total. The summed E-state index contributed by atoms with van der Waals surface area (Å²) >= 11 is 6.32. The van der Waals surface area contributed by atoms with E-state index in [2.05, 4.69) is 27.8 Å². The summed E-state index contributed by atoms with van der Waals surface area (Å²) < 4.78 is 19.5. The molecule has 3 aromatic heterocycles. The van der Waals surface area contributed by atoms with Gasteiger partial charge in [0.15, 0.2) is 0 Å². The maximum absolute atomic E-state index is 11.9. The number of carbonyl (C=O) groups is 1. The number of hydrogen-bond donors (Lipinski definition) is 1. The highest BCUT2D eigenvalue weighted by Gasteiger charge is 2.25. The average molecular weight is 611 g/mol. The quantitative estimate of drug-likeness (QED) is 0.239. The second-order valence-electron chi connectivity index (χ2n) is 11.2. The van der Waals surface area contributed by atoms with Crippen molar-refractivity contribution in [3.63, 3.8) is 0 Å². The van der Waals surface area contributed by atoms with Crippen LogP contribution in [0.25, 0.3) is 22.3 Å². The van der Waals surface area contributed by atoms with E-state index < -0.39 is 5.97 Å². The molecule has 224 valence electrons. The number of halogens is 1. The molecule has 7 rings (SSSR count). The molecule has 5 aromatic rings. The Bertz CT molecular complexity index is 1880. The highest BCUT2D eigenvalue weighted by molar-refractivity contribution is 6.30. The predicted octanol–water partition coefficient (Wildman–Crippen LogP) is 6.30. The fourth-order valence-electron chi connectivity index (χ4n) is 5.97. The van der Waals surface area contributed by atoms with E-state index in [1.807, 2.05) is 24.3 Å². The SMILES string of the molecule is COc1cc(C(=O)O)cc2c1nc(Cc1ccc3cc1CCCc1cc(Cl)cnc1COc1cccc-3n1)n2C[C@@H]1CCO1. The van der Waals surface area contributed by atoms with Crippen molar-refractivity contribution in [3.8, 4) is 22.9 Å². The van der Waals surface area contributed by atoms with Crippen molar-refractivity contribution < 1.29 is 24.1 Å². The molecule has 4 bridgehead atoms. The van der Waals surface area contributed by atoms with E-state index in [9.17, 15) is 9.90 Å². The van der Waals surface area contributed by atoms with E-state index in [1.54, 1.807) is 12.3 Å². The lowest BCUT2D eigenvalue weighted by Gasteiger charge is -2.27. The smallest absolute Gasteiger partial charge is 0.335 e. The first-order valence-electron chi connectivity index (χ1n) is 14.7. The number of imidazole rings is 1. The van der Waals surface area contributed by atoms with Gasteiger partial charge in [0.2, 0.25) is 5.88 Å². The van der Waals surface area contributed by atoms with E-state index in [1.165, 1.54) is 18.7 Å². The van der Waals surface area contributed by atoms with Crippen LogP contribution in [0.15, 0.2) is 60.8 Å². The van der Waals surface area contributed by atoms with Gasteiger partial charge in [-0.1, -0.05) is 29.8 Å². The third kappa shape index (κ3) is 5.60. The first kappa shape index (κ1) is 28.3. The van der Waals surface area contributed by atoms with Gasteiger partial charge in [0.25, 0.3) is 0 Å². The third-order valence-electron chi connectivity index (χ3n) is 8.39. The molecule has 1 atom stereocenters. The van der Waals surface area contributed by atoms with Crippen molar-refractivity contribution in [2.24, 2.45) is 0 Å². The second-order valence-corrected chi connectivity index (χ2v) is 11.6. The number of carboxylic acids is 1. The third-order valence-corrected chi connectivity index (χ3v) is 8.60. The van der Waals surface area contributed by atoms with Gasteiger partial charge in [-0.25, -0.2) is 14.8 Å². The zero-order chi connectivity index (χ0) is 30.2. The highest BCUT2D eigenvalue weighted by atomic mass is 35.5. The first-order chi connectivity index (χ1) is 21.4. The number of benzene rings is 2. The number of aryl methyl sites for hydroxylation is 2. The summed E-state index contributed by atoms with van der Waals surface area (Å²) in [6, 6.07) is 17.4. The van der Waals surface area contributed by atoms with E-state index in [0.717, 1.165) is 71.7 Å². The van der Waals surface area contributed by atoms with Gasteiger partial charge in [0, 0.05) is 30.9 Å². The van der Waals surface area contributed by atoms with Gasteiger partial charge in [-0.05, 0) is 72.7 Å². The number of ether oxygens (including phenoxy) is 3. The van der Waals surface area contributed by atoms with Crippen LogP contribution in [-0.2, 0) is 37.2 Å². The van der Waals surface area contributed by atoms with E-state index >= 15 is 0 Å². The topological polar surface area (TPSA) is 109 Å². The molecular formula is C34H31ClN4O5. The number of fused-ring (bicyclic) bond motifs is 7. The molecule has 0 amide bonds. The Morgan fingerprint density at radius 1 is 1.11 bits per heavy atom. The highest BCUT2D eigenvalue weighted by Crippen LogP contribution is 2.32. The van der Waals surface area contributed by atoms with Gasteiger partial charge in [0.1, 0.15) is 23.7 Å². The predicted molar refractivity (Wildman–Crippen MR) is 166 cm³/mol. The van der Waals surface area contributed by atoms with Gasteiger partial charge < -0.3 is 23.9 Å². The zero-order valence-corrected chi connectivity index (χ0v) is 25.0. The van der Waals surface area contributed by atoms with E-state index in [4.69, 9.17) is 35.8 Å². The molecule has 5 heterocycles. The maximum Gasteiger partial charge on any atom is 0.335 e. The molecule has 1 saturated heterocycles. The van der Waals surface area contributed by atoms with Crippen molar-refractivity contribution >= 4 is 28.6 Å². The van der Waals surface area contributed by atoms with Gasteiger partial charge in [-0.15, -0.1) is 0 Å². The minimum Gasteiger partial charge on any atom is -0.494 e. The van der Waals surface area contributed by atoms with E-state index in [-0.39, 0.29) is 11.7 Å². The van der Waals surface area contributed by atoms with E-state index in [0.29, 0.717) is 41.7 Å². The molecule has 9 nitrogen and oxygen atoms in total. The van der Waals surface area contributed by atoms with Crippen LogP contribution in [0, 0.1) is 0 Å². The summed E-state index contributed by atoms with van der Waals surface area (Å²) in [5.41, 5.74) is 7.63. The van der Waals surface area contributed by atoms with Crippen molar-refractivity contribution in [1.29, 1.82) is 0 Å². The summed E-state index contributed by atoms with van der Waals surface area (Å²) in [6.07, 6.45) is 5.74. The van der Waals surface area contributed by atoms with Crippen LogP contribution in [0.2, 0.25) is 5.02 Å². The number of nitrogens with zero attached hydrogens (tertiary/aromatic N) is 4. The van der Waals surface area contributed by atoms with Crippen LogP contribution in [-0.4, -0.2) is 50.4 Å². The lowest BCUT2D eigenvalue weighted by molar-refractivity contribution is -0.0589. The fourth-order valence-corrected chi connectivity index (χ4v) is 6.15. The minimum absolute atomic E-state index is 0.0584. The Morgan fingerprint density at radius 3 is 2.77 bits per heavy atom. The Labute approximate surface area is 259 Å². The molecule has 0 spiro atoms.